The molecule has 1 N–H and O–H groups in total. The van der Waals surface area contributed by atoms with E-state index < -0.39 is 0 Å². The molecule has 74 valence electrons. The largest absolute Gasteiger partial charge is 0.391 e. The number of hydrogen-bond acceptors (Lipinski definition) is 4. The van der Waals surface area contributed by atoms with Gasteiger partial charge < -0.3 is 5.11 Å². The summed E-state index contributed by atoms with van der Waals surface area (Å²) in [5.41, 5.74) is 0.918. The van der Waals surface area contributed by atoms with E-state index in [1.807, 2.05) is 19.2 Å². The number of aryl methyl sites for hydroxylation is 1. The Bertz CT molecular complexity index is 451. The molecule has 6 heteroatoms. The molecule has 0 aliphatic carbocycles. The SMILES string of the molecule is Cc1ccn(-c2nc(Cl)c(CO)s2)n1. The molecule has 14 heavy (non-hydrogen) atoms. The fourth-order valence-corrected chi connectivity index (χ4v) is 2.09. The molecular formula is C8H8ClN3OS. The van der Waals surface area contributed by atoms with Crippen LogP contribution in [0, 0.1) is 6.92 Å². The quantitative estimate of drug-likeness (QED) is 0.854. The first kappa shape index (κ1) is 9.64. The Kier molecular flexibility index (Phi) is 2.54. The highest BCUT2D eigenvalue weighted by atomic mass is 35.5. The molecule has 2 aromatic heterocycles. The Labute approximate surface area is 89.8 Å². The van der Waals surface area contributed by atoms with E-state index in [1.54, 1.807) is 4.68 Å². The number of rotatable bonds is 2. The average Bonchev–Trinajstić information content (AvgIpc) is 2.71. The van der Waals surface area contributed by atoms with Gasteiger partial charge in [-0.2, -0.15) is 5.10 Å². The number of hydrogen-bond donors (Lipinski definition) is 1. The van der Waals surface area contributed by atoms with E-state index in [4.69, 9.17) is 16.7 Å². The molecule has 0 unspecified atom stereocenters. The zero-order valence-corrected chi connectivity index (χ0v) is 9.01. The van der Waals surface area contributed by atoms with Crippen LogP contribution in [0.2, 0.25) is 5.15 Å². The van der Waals surface area contributed by atoms with Crippen LogP contribution in [0.15, 0.2) is 12.3 Å². The van der Waals surface area contributed by atoms with Gasteiger partial charge in [-0.05, 0) is 13.0 Å². The zero-order valence-electron chi connectivity index (χ0n) is 7.44. The van der Waals surface area contributed by atoms with Crippen LogP contribution in [0.3, 0.4) is 0 Å². The summed E-state index contributed by atoms with van der Waals surface area (Å²) in [4.78, 5) is 4.75. The second kappa shape index (κ2) is 3.68. The smallest absolute Gasteiger partial charge is 0.212 e. The summed E-state index contributed by atoms with van der Waals surface area (Å²) in [5.74, 6) is 0. The Hall–Kier alpha value is -0.910. The molecule has 0 aromatic carbocycles. The van der Waals surface area contributed by atoms with Crippen LogP contribution in [0.1, 0.15) is 10.6 Å². The molecule has 2 aromatic rings. The lowest BCUT2D eigenvalue weighted by atomic mass is 10.5. The van der Waals surface area contributed by atoms with Gasteiger partial charge in [0, 0.05) is 6.20 Å². The lowest BCUT2D eigenvalue weighted by Crippen LogP contribution is -1.93. The van der Waals surface area contributed by atoms with Gasteiger partial charge in [0.1, 0.15) is 5.15 Å². The van der Waals surface area contributed by atoms with Gasteiger partial charge in [-0.25, -0.2) is 9.67 Å². The van der Waals surface area contributed by atoms with Crippen molar-refractivity contribution in [3.63, 3.8) is 0 Å². The highest BCUT2D eigenvalue weighted by molar-refractivity contribution is 7.14. The molecule has 0 amide bonds. The Morgan fingerprint density at radius 2 is 2.43 bits per heavy atom. The third kappa shape index (κ3) is 1.66. The normalized spacial score (nSPS) is 10.8. The van der Waals surface area contributed by atoms with Crippen molar-refractivity contribution in [1.82, 2.24) is 14.8 Å². The van der Waals surface area contributed by atoms with Gasteiger partial charge in [-0.15, -0.1) is 0 Å². The van der Waals surface area contributed by atoms with Gasteiger partial charge in [0.2, 0.25) is 5.13 Å². The molecule has 0 saturated heterocycles. The molecule has 0 aliphatic heterocycles. The topological polar surface area (TPSA) is 50.9 Å². The standard InChI is InChI=1S/C8H8ClN3OS/c1-5-2-3-12(11-5)8-10-7(9)6(4-13)14-8/h2-3,13H,4H2,1H3. The molecule has 0 spiro atoms. The van der Waals surface area contributed by atoms with Gasteiger partial charge >= 0.3 is 0 Å². The van der Waals surface area contributed by atoms with Gasteiger partial charge in [0.15, 0.2) is 0 Å². The molecule has 0 bridgehead atoms. The van der Waals surface area contributed by atoms with Crippen molar-refractivity contribution in [2.75, 3.05) is 0 Å². The first-order valence-corrected chi connectivity index (χ1v) is 5.19. The van der Waals surface area contributed by atoms with Crippen LogP contribution in [-0.2, 0) is 6.61 Å². The summed E-state index contributed by atoms with van der Waals surface area (Å²) in [6.07, 6.45) is 1.81. The number of aromatic nitrogens is 3. The first-order valence-electron chi connectivity index (χ1n) is 3.99. The number of thiazole rings is 1. The third-order valence-electron chi connectivity index (χ3n) is 1.70. The minimum absolute atomic E-state index is 0.0866. The van der Waals surface area contributed by atoms with Crippen molar-refractivity contribution in [2.24, 2.45) is 0 Å². The lowest BCUT2D eigenvalue weighted by molar-refractivity contribution is 0.285. The first-order chi connectivity index (χ1) is 6.70. The van der Waals surface area contributed by atoms with Crippen molar-refractivity contribution in [3.8, 4) is 5.13 Å². The average molecular weight is 230 g/mol. The van der Waals surface area contributed by atoms with E-state index >= 15 is 0 Å². The monoisotopic (exact) mass is 229 g/mol. The van der Waals surface area contributed by atoms with Crippen molar-refractivity contribution in [3.05, 3.63) is 28.0 Å². The molecule has 0 saturated carbocycles. The summed E-state index contributed by atoms with van der Waals surface area (Å²) < 4.78 is 1.64. The summed E-state index contributed by atoms with van der Waals surface area (Å²) in [6.45, 7) is 1.81. The van der Waals surface area contributed by atoms with E-state index in [0.29, 0.717) is 15.2 Å². The number of aliphatic hydroxyl groups excluding tert-OH is 1. The summed E-state index contributed by atoms with van der Waals surface area (Å²) >= 11 is 7.13. The summed E-state index contributed by atoms with van der Waals surface area (Å²) in [6, 6.07) is 1.88. The highest BCUT2D eigenvalue weighted by Crippen LogP contribution is 2.25. The fourth-order valence-electron chi connectivity index (χ4n) is 1.04. The maximum atomic E-state index is 8.94. The minimum atomic E-state index is -0.0866. The fraction of sp³-hybridized carbons (Fsp3) is 0.250. The van der Waals surface area contributed by atoms with E-state index in [0.717, 1.165) is 5.69 Å². The molecule has 0 atom stereocenters. The molecule has 0 radical (unpaired) electrons. The van der Waals surface area contributed by atoms with Crippen LogP contribution < -0.4 is 0 Å². The molecule has 0 aliphatic rings. The maximum Gasteiger partial charge on any atom is 0.212 e. The predicted molar refractivity (Wildman–Crippen MR) is 54.9 cm³/mol. The molecular weight excluding hydrogens is 222 g/mol. The van der Waals surface area contributed by atoms with Crippen molar-refractivity contribution in [1.29, 1.82) is 0 Å². The second-order valence-electron chi connectivity index (χ2n) is 2.77. The highest BCUT2D eigenvalue weighted by Gasteiger charge is 2.09. The maximum absolute atomic E-state index is 8.94. The Morgan fingerprint density at radius 3 is 2.93 bits per heavy atom. The van der Waals surface area contributed by atoms with Crippen LogP contribution in [0.4, 0.5) is 0 Å². The van der Waals surface area contributed by atoms with Crippen LogP contribution in [0.5, 0.6) is 0 Å². The Balaban J connectivity index is 2.42. The summed E-state index contributed by atoms with van der Waals surface area (Å²) in [5, 5.41) is 14.2. The van der Waals surface area contributed by atoms with E-state index in [9.17, 15) is 0 Å². The number of halogens is 1. The third-order valence-corrected chi connectivity index (χ3v) is 3.15. The summed E-state index contributed by atoms with van der Waals surface area (Å²) in [7, 11) is 0. The number of nitrogens with zero attached hydrogens (tertiary/aromatic N) is 3. The van der Waals surface area contributed by atoms with Crippen molar-refractivity contribution >= 4 is 22.9 Å². The zero-order chi connectivity index (χ0) is 10.1. The lowest BCUT2D eigenvalue weighted by Gasteiger charge is -1.91. The molecule has 2 rings (SSSR count). The van der Waals surface area contributed by atoms with E-state index in [2.05, 4.69) is 10.1 Å². The van der Waals surface area contributed by atoms with Gasteiger partial charge in [-0.3, -0.25) is 0 Å². The van der Waals surface area contributed by atoms with Gasteiger partial charge in [0.05, 0.1) is 17.2 Å². The van der Waals surface area contributed by atoms with Gasteiger partial charge in [-0.1, -0.05) is 22.9 Å². The predicted octanol–water partition coefficient (Wildman–Crippen LogP) is 1.78. The Morgan fingerprint density at radius 1 is 1.64 bits per heavy atom. The van der Waals surface area contributed by atoms with E-state index in [1.165, 1.54) is 11.3 Å². The van der Waals surface area contributed by atoms with Crippen molar-refractivity contribution < 1.29 is 5.11 Å². The van der Waals surface area contributed by atoms with Crippen LogP contribution in [-0.4, -0.2) is 19.9 Å². The minimum Gasteiger partial charge on any atom is -0.391 e. The van der Waals surface area contributed by atoms with E-state index in [-0.39, 0.29) is 6.61 Å². The van der Waals surface area contributed by atoms with Crippen molar-refractivity contribution in [2.45, 2.75) is 13.5 Å². The van der Waals surface area contributed by atoms with Crippen LogP contribution in [0.25, 0.3) is 5.13 Å². The molecule has 2 heterocycles. The van der Waals surface area contributed by atoms with Crippen LogP contribution >= 0.6 is 22.9 Å². The molecule has 0 fully saturated rings. The molecule has 4 nitrogen and oxygen atoms in total. The number of aliphatic hydroxyl groups is 1. The van der Waals surface area contributed by atoms with Gasteiger partial charge in [0.25, 0.3) is 0 Å². The second-order valence-corrected chi connectivity index (χ2v) is 4.19.